The Kier molecular flexibility index (Phi) is 4.74. The van der Waals surface area contributed by atoms with E-state index >= 15 is 0 Å². The Morgan fingerprint density at radius 2 is 1.70 bits per heavy atom. The molecule has 1 amide bonds. The van der Waals surface area contributed by atoms with Crippen LogP contribution < -0.4 is 15.4 Å². The maximum Gasteiger partial charge on any atom is 0.241 e. The summed E-state index contributed by atoms with van der Waals surface area (Å²) in [6, 6.07) is 16.6. The average molecular weight is 270 g/mol. The Morgan fingerprint density at radius 1 is 1.05 bits per heavy atom. The van der Waals surface area contributed by atoms with Crippen molar-refractivity contribution in [3.05, 3.63) is 54.6 Å². The van der Waals surface area contributed by atoms with Crippen LogP contribution in [0.15, 0.2) is 54.6 Å². The lowest BCUT2D eigenvalue weighted by Gasteiger charge is -2.14. The van der Waals surface area contributed by atoms with Gasteiger partial charge in [-0.25, -0.2) is 0 Å². The van der Waals surface area contributed by atoms with Crippen LogP contribution in [0.4, 0.5) is 5.69 Å². The highest BCUT2D eigenvalue weighted by Gasteiger charge is 2.13. The molecule has 1 atom stereocenters. The number of hydrogen-bond donors (Lipinski definition) is 2. The lowest BCUT2D eigenvalue weighted by atomic mass is 10.2. The summed E-state index contributed by atoms with van der Waals surface area (Å²) in [6.07, 6.45) is 0. The molecule has 4 nitrogen and oxygen atoms in total. The third kappa shape index (κ3) is 3.59. The van der Waals surface area contributed by atoms with Gasteiger partial charge in [0.2, 0.25) is 5.91 Å². The summed E-state index contributed by atoms with van der Waals surface area (Å²) >= 11 is 0. The quantitative estimate of drug-likeness (QED) is 0.878. The van der Waals surface area contributed by atoms with Crippen molar-refractivity contribution in [1.29, 1.82) is 0 Å². The molecule has 2 N–H and O–H groups in total. The van der Waals surface area contributed by atoms with Crippen molar-refractivity contribution in [3.8, 4) is 11.5 Å². The standard InChI is InChI=1S/C16H18N2O2/c1-12(17-2)16(19)18-14-10-6-7-11-15(14)20-13-8-4-3-5-9-13/h3-12,17H,1-2H3,(H,18,19). The summed E-state index contributed by atoms with van der Waals surface area (Å²) in [5, 5.41) is 5.76. The van der Waals surface area contributed by atoms with Crippen LogP contribution in [0.3, 0.4) is 0 Å². The zero-order valence-corrected chi connectivity index (χ0v) is 11.6. The molecule has 2 aromatic rings. The fourth-order valence-corrected chi connectivity index (χ4v) is 1.65. The molecular formula is C16H18N2O2. The van der Waals surface area contributed by atoms with E-state index in [1.165, 1.54) is 0 Å². The zero-order valence-electron chi connectivity index (χ0n) is 11.6. The van der Waals surface area contributed by atoms with Gasteiger partial charge in [-0.05, 0) is 38.2 Å². The molecule has 0 heterocycles. The lowest BCUT2D eigenvalue weighted by Crippen LogP contribution is -2.35. The molecule has 0 spiro atoms. The normalized spacial score (nSPS) is 11.7. The largest absolute Gasteiger partial charge is 0.455 e. The van der Waals surface area contributed by atoms with E-state index in [-0.39, 0.29) is 11.9 Å². The van der Waals surface area contributed by atoms with Crippen LogP contribution in [0.2, 0.25) is 0 Å². The number of hydrogen-bond acceptors (Lipinski definition) is 3. The van der Waals surface area contributed by atoms with Crippen LogP contribution in [0, 0.1) is 0 Å². The molecule has 0 aromatic heterocycles. The number of anilines is 1. The van der Waals surface area contributed by atoms with Crippen LogP contribution in [0.5, 0.6) is 11.5 Å². The first-order valence-electron chi connectivity index (χ1n) is 6.51. The van der Waals surface area contributed by atoms with Crippen molar-refractivity contribution in [3.63, 3.8) is 0 Å². The van der Waals surface area contributed by atoms with E-state index in [1.54, 1.807) is 14.0 Å². The minimum absolute atomic E-state index is 0.100. The van der Waals surface area contributed by atoms with Gasteiger partial charge in [0.1, 0.15) is 5.75 Å². The monoisotopic (exact) mass is 270 g/mol. The summed E-state index contributed by atoms with van der Waals surface area (Å²) in [6.45, 7) is 1.80. The van der Waals surface area contributed by atoms with E-state index in [0.717, 1.165) is 5.75 Å². The first-order chi connectivity index (χ1) is 9.70. The van der Waals surface area contributed by atoms with Crippen molar-refractivity contribution in [2.24, 2.45) is 0 Å². The SMILES string of the molecule is CNC(C)C(=O)Nc1ccccc1Oc1ccccc1. The summed E-state index contributed by atoms with van der Waals surface area (Å²) in [5.74, 6) is 1.25. The fourth-order valence-electron chi connectivity index (χ4n) is 1.65. The Bertz CT molecular complexity index is 570. The first kappa shape index (κ1) is 14.1. The average Bonchev–Trinajstić information content (AvgIpc) is 2.49. The summed E-state index contributed by atoms with van der Waals surface area (Å²) in [5.41, 5.74) is 0.656. The van der Waals surface area contributed by atoms with Gasteiger partial charge in [-0.3, -0.25) is 4.79 Å². The topological polar surface area (TPSA) is 50.4 Å². The second kappa shape index (κ2) is 6.73. The van der Waals surface area contributed by atoms with Crippen molar-refractivity contribution in [2.45, 2.75) is 13.0 Å². The number of benzene rings is 2. The molecule has 0 aliphatic carbocycles. The van der Waals surface area contributed by atoms with Crippen molar-refractivity contribution < 1.29 is 9.53 Å². The highest BCUT2D eigenvalue weighted by atomic mass is 16.5. The number of para-hydroxylation sites is 3. The number of ether oxygens (including phenoxy) is 1. The third-order valence-electron chi connectivity index (χ3n) is 2.94. The maximum atomic E-state index is 11.9. The third-order valence-corrected chi connectivity index (χ3v) is 2.94. The predicted molar refractivity (Wildman–Crippen MR) is 80.1 cm³/mol. The molecule has 20 heavy (non-hydrogen) atoms. The van der Waals surface area contributed by atoms with Gasteiger partial charge in [-0.1, -0.05) is 30.3 Å². The predicted octanol–water partition coefficient (Wildman–Crippen LogP) is 3.03. The summed E-state index contributed by atoms with van der Waals surface area (Å²) < 4.78 is 5.79. The summed E-state index contributed by atoms with van der Waals surface area (Å²) in [4.78, 5) is 11.9. The number of nitrogens with one attached hydrogen (secondary N) is 2. The minimum atomic E-state index is -0.264. The molecule has 0 aliphatic heterocycles. The van der Waals surface area contributed by atoms with Gasteiger partial charge in [-0.2, -0.15) is 0 Å². The smallest absolute Gasteiger partial charge is 0.241 e. The molecule has 0 fully saturated rings. The number of amides is 1. The van der Waals surface area contributed by atoms with Gasteiger partial charge < -0.3 is 15.4 Å². The Labute approximate surface area is 118 Å². The molecule has 1 unspecified atom stereocenters. The van der Waals surface area contributed by atoms with E-state index < -0.39 is 0 Å². The number of rotatable bonds is 5. The molecule has 0 saturated carbocycles. The Balaban J connectivity index is 2.16. The number of carbonyl (C=O) groups is 1. The highest BCUT2D eigenvalue weighted by molar-refractivity contribution is 5.95. The molecule has 2 rings (SSSR count). The van der Waals surface area contributed by atoms with Gasteiger partial charge in [0, 0.05) is 0 Å². The molecule has 0 bridgehead atoms. The molecular weight excluding hydrogens is 252 g/mol. The van der Waals surface area contributed by atoms with Gasteiger partial charge >= 0.3 is 0 Å². The molecule has 0 aliphatic rings. The zero-order chi connectivity index (χ0) is 14.4. The Hall–Kier alpha value is -2.33. The van der Waals surface area contributed by atoms with Crippen LogP contribution in [-0.2, 0) is 4.79 Å². The lowest BCUT2D eigenvalue weighted by molar-refractivity contribution is -0.117. The number of likely N-dealkylation sites (N-methyl/N-ethyl adjacent to an activating group) is 1. The van der Waals surface area contributed by atoms with Gasteiger partial charge in [0.25, 0.3) is 0 Å². The summed E-state index contributed by atoms with van der Waals surface area (Å²) in [7, 11) is 1.75. The first-order valence-corrected chi connectivity index (χ1v) is 6.51. The molecule has 4 heteroatoms. The Morgan fingerprint density at radius 3 is 2.40 bits per heavy atom. The van der Waals surface area contributed by atoms with E-state index in [9.17, 15) is 4.79 Å². The minimum Gasteiger partial charge on any atom is -0.455 e. The van der Waals surface area contributed by atoms with Gasteiger partial charge in [0.05, 0.1) is 11.7 Å². The van der Waals surface area contributed by atoms with Crippen LogP contribution in [-0.4, -0.2) is 19.0 Å². The van der Waals surface area contributed by atoms with E-state index in [2.05, 4.69) is 10.6 Å². The second-order valence-electron chi connectivity index (χ2n) is 4.41. The van der Waals surface area contributed by atoms with Crippen LogP contribution >= 0.6 is 0 Å². The fraction of sp³-hybridized carbons (Fsp3) is 0.188. The van der Waals surface area contributed by atoms with Crippen molar-refractivity contribution >= 4 is 11.6 Å². The van der Waals surface area contributed by atoms with E-state index in [4.69, 9.17) is 4.74 Å². The van der Waals surface area contributed by atoms with E-state index in [0.29, 0.717) is 11.4 Å². The van der Waals surface area contributed by atoms with E-state index in [1.807, 2.05) is 54.6 Å². The highest BCUT2D eigenvalue weighted by Crippen LogP contribution is 2.29. The second-order valence-corrected chi connectivity index (χ2v) is 4.41. The van der Waals surface area contributed by atoms with Gasteiger partial charge in [0.15, 0.2) is 5.75 Å². The van der Waals surface area contributed by atoms with Crippen LogP contribution in [0.25, 0.3) is 0 Å². The molecule has 2 aromatic carbocycles. The van der Waals surface area contributed by atoms with Crippen molar-refractivity contribution in [2.75, 3.05) is 12.4 Å². The van der Waals surface area contributed by atoms with Crippen LogP contribution in [0.1, 0.15) is 6.92 Å². The maximum absolute atomic E-state index is 11.9. The molecule has 0 saturated heterocycles. The van der Waals surface area contributed by atoms with Crippen molar-refractivity contribution in [1.82, 2.24) is 5.32 Å². The van der Waals surface area contributed by atoms with Gasteiger partial charge in [-0.15, -0.1) is 0 Å². The number of carbonyl (C=O) groups excluding carboxylic acids is 1. The molecule has 0 radical (unpaired) electrons. The molecule has 104 valence electrons.